The standard InChI is InChI=1S/C14H14N2O2S2/c1-9-3-5-11(6-4-9)19-8-13(18)16-14-15-7-12(20-14)10(2)17/h3-7H,8H2,1-2H3,(H,15,16,18). The molecule has 0 saturated carbocycles. The molecule has 0 unspecified atom stereocenters. The van der Waals surface area contributed by atoms with E-state index >= 15 is 0 Å². The van der Waals surface area contributed by atoms with Crippen LogP contribution in [0, 0.1) is 6.92 Å². The molecule has 1 amide bonds. The molecule has 0 spiro atoms. The number of carbonyl (C=O) groups excluding carboxylic acids is 2. The summed E-state index contributed by atoms with van der Waals surface area (Å²) in [6.07, 6.45) is 1.48. The molecule has 1 heterocycles. The largest absolute Gasteiger partial charge is 0.301 e. The highest BCUT2D eigenvalue weighted by Gasteiger charge is 2.09. The van der Waals surface area contributed by atoms with E-state index in [0.29, 0.717) is 15.8 Å². The van der Waals surface area contributed by atoms with Crippen LogP contribution in [0.4, 0.5) is 5.13 Å². The number of aromatic nitrogens is 1. The molecule has 4 nitrogen and oxygen atoms in total. The molecule has 0 atom stereocenters. The van der Waals surface area contributed by atoms with Gasteiger partial charge < -0.3 is 5.32 Å². The summed E-state index contributed by atoms with van der Waals surface area (Å²) in [5, 5.41) is 3.16. The quantitative estimate of drug-likeness (QED) is 0.679. The number of nitrogens with one attached hydrogen (secondary N) is 1. The molecule has 20 heavy (non-hydrogen) atoms. The molecule has 0 aliphatic carbocycles. The van der Waals surface area contributed by atoms with Gasteiger partial charge in [0.15, 0.2) is 10.9 Å². The van der Waals surface area contributed by atoms with E-state index in [1.165, 1.54) is 41.8 Å². The Morgan fingerprint density at radius 2 is 2.00 bits per heavy atom. The average molecular weight is 306 g/mol. The Bertz CT molecular complexity index is 620. The van der Waals surface area contributed by atoms with Gasteiger partial charge in [0, 0.05) is 11.8 Å². The number of aryl methyl sites for hydroxylation is 1. The van der Waals surface area contributed by atoms with E-state index in [0.717, 1.165) is 4.90 Å². The van der Waals surface area contributed by atoms with Crippen molar-refractivity contribution < 1.29 is 9.59 Å². The van der Waals surface area contributed by atoms with Crippen molar-refractivity contribution in [2.24, 2.45) is 0 Å². The number of ketones is 1. The maximum Gasteiger partial charge on any atom is 0.236 e. The summed E-state index contributed by atoms with van der Waals surface area (Å²) in [7, 11) is 0. The third kappa shape index (κ3) is 4.18. The second-order valence-electron chi connectivity index (χ2n) is 4.24. The highest BCUT2D eigenvalue weighted by molar-refractivity contribution is 8.00. The predicted molar refractivity (Wildman–Crippen MR) is 82.7 cm³/mol. The number of anilines is 1. The van der Waals surface area contributed by atoms with E-state index in [9.17, 15) is 9.59 Å². The maximum atomic E-state index is 11.8. The number of thioether (sulfide) groups is 1. The van der Waals surface area contributed by atoms with Crippen molar-refractivity contribution in [3.05, 3.63) is 40.9 Å². The van der Waals surface area contributed by atoms with Crippen molar-refractivity contribution in [3.8, 4) is 0 Å². The van der Waals surface area contributed by atoms with Gasteiger partial charge in [-0.2, -0.15) is 0 Å². The fourth-order valence-corrected chi connectivity index (χ4v) is 2.86. The molecule has 104 valence electrons. The first kappa shape index (κ1) is 14.7. The summed E-state index contributed by atoms with van der Waals surface area (Å²) >= 11 is 2.66. The molecule has 0 aliphatic heterocycles. The lowest BCUT2D eigenvalue weighted by Crippen LogP contribution is -2.13. The van der Waals surface area contributed by atoms with Crippen LogP contribution >= 0.6 is 23.1 Å². The van der Waals surface area contributed by atoms with E-state index in [4.69, 9.17) is 0 Å². The Kier molecular flexibility index (Phi) is 4.92. The van der Waals surface area contributed by atoms with Gasteiger partial charge in [0.25, 0.3) is 0 Å². The Labute approximate surface area is 125 Å². The zero-order chi connectivity index (χ0) is 14.5. The van der Waals surface area contributed by atoms with E-state index < -0.39 is 0 Å². The average Bonchev–Trinajstić information content (AvgIpc) is 2.87. The Hall–Kier alpha value is -1.66. The number of thiazole rings is 1. The minimum absolute atomic E-state index is 0.0444. The lowest BCUT2D eigenvalue weighted by atomic mass is 10.2. The number of hydrogen-bond donors (Lipinski definition) is 1. The van der Waals surface area contributed by atoms with Gasteiger partial charge in [-0.05, 0) is 19.1 Å². The summed E-state index contributed by atoms with van der Waals surface area (Å²) in [4.78, 5) is 28.5. The number of carbonyl (C=O) groups is 2. The van der Waals surface area contributed by atoms with Crippen LogP contribution in [-0.2, 0) is 4.79 Å². The van der Waals surface area contributed by atoms with Gasteiger partial charge in [-0.25, -0.2) is 4.98 Å². The van der Waals surface area contributed by atoms with Crippen LogP contribution in [0.5, 0.6) is 0 Å². The third-order valence-electron chi connectivity index (χ3n) is 2.49. The molecule has 1 aromatic heterocycles. The molecule has 6 heteroatoms. The summed E-state index contributed by atoms with van der Waals surface area (Å²) in [6.45, 7) is 3.50. The van der Waals surface area contributed by atoms with E-state index in [2.05, 4.69) is 10.3 Å². The van der Waals surface area contributed by atoms with Crippen molar-refractivity contribution >= 4 is 39.9 Å². The van der Waals surface area contributed by atoms with Crippen LogP contribution in [0.2, 0.25) is 0 Å². The second-order valence-corrected chi connectivity index (χ2v) is 6.32. The molecule has 0 radical (unpaired) electrons. The number of benzene rings is 1. The summed E-state index contributed by atoms with van der Waals surface area (Å²) in [6, 6.07) is 8.01. The number of nitrogens with zero attached hydrogens (tertiary/aromatic N) is 1. The molecule has 2 rings (SSSR count). The van der Waals surface area contributed by atoms with Crippen LogP contribution in [0.15, 0.2) is 35.4 Å². The minimum atomic E-state index is -0.125. The van der Waals surface area contributed by atoms with Crippen LogP contribution in [-0.4, -0.2) is 22.4 Å². The molecule has 0 bridgehead atoms. The fraction of sp³-hybridized carbons (Fsp3) is 0.214. The lowest BCUT2D eigenvalue weighted by Gasteiger charge is -2.02. The van der Waals surface area contributed by atoms with Crippen LogP contribution in [0.3, 0.4) is 0 Å². The van der Waals surface area contributed by atoms with E-state index in [-0.39, 0.29) is 11.7 Å². The van der Waals surface area contributed by atoms with Gasteiger partial charge in [0.1, 0.15) is 0 Å². The van der Waals surface area contributed by atoms with Gasteiger partial charge >= 0.3 is 0 Å². The number of hydrogen-bond acceptors (Lipinski definition) is 5. The maximum absolute atomic E-state index is 11.8. The number of rotatable bonds is 5. The molecule has 0 saturated heterocycles. The smallest absolute Gasteiger partial charge is 0.236 e. The predicted octanol–water partition coefficient (Wildman–Crippen LogP) is 3.38. The van der Waals surface area contributed by atoms with Crippen LogP contribution in [0.25, 0.3) is 0 Å². The minimum Gasteiger partial charge on any atom is -0.301 e. The van der Waals surface area contributed by atoms with Crippen molar-refractivity contribution in [2.45, 2.75) is 18.7 Å². The van der Waals surface area contributed by atoms with E-state index in [1.54, 1.807) is 0 Å². The Morgan fingerprint density at radius 3 is 2.60 bits per heavy atom. The lowest BCUT2D eigenvalue weighted by molar-refractivity contribution is -0.113. The van der Waals surface area contributed by atoms with Gasteiger partial charge in [-0.3, -0.25) is 9.59 Å². The zero-order valence-corrected chi connectivity index (χ0v) is 12.8. The Balaban J connectivity index is 1.85. The van der Waals surface area contributed by atoms with E-state index in [1.807, 2.05) is 31.2 Å². The first-order valence-corrected chi connectivity index (χ1v) is 7.81. The first-order chi connectivity index (χ1) is 9.54. The van der Waals surface area contributed by atoms with Gasteiger partial charge in [-0.1, -0.05) is 29.0 Å². The van der Waals surface area contributed by atoms with Crippen molar-refractivity contribution in [3.63, 3.8) is 0 Å². The molecule has 0 fully saturated rings. The fourth-order valence-electron chi connectivity index (χ4n) is 1.43. The molecule has 1 N–H and O–H groups in total. The van der Waals surface area contributed by atoms with Gasteiger partial charge in [0.2, 0.25) is 5.91 Å². The Morgan fingerprint density at radius 1 is 1.30 bits per heavy atom. The number of Topliss-reactive ketones (excluding diaryl/α,β-unsaturated/α-hetero) is 1. The monoisotopic (exact) mass is 306 g/mol. The van der Waals surface area contributed by atoms with Crippen LogP contribution < -0.4 is 5.32 Å². The van der Waals surface area contributed by atoms with Crippen molar-refractivity contribution in [1.29, 1.82) is 0 Å². The SMILES string of the molecule is CC(=O)c1cnc(NC(=O)CSc2ccc(C)cc2)s1. The van der Waals surface area contributed by atoms with Crippen molar-refractivity contribution in [2.75, 3.05) is 11.1 Å². The summed E-state index contributed by atoms with van der Waals surface area (Å²) in [5.74, 6) is 0.148. The molecule has 1 aromatic carbocycles. The molecule has 0 aliphatic rings. The molecular formula is C14H14N2O2S2. The first-order valence-electron chi connectivity index (χ1n) is 6.00. The zero-order valence-electron chi connectivity index (χ0n) is 11.2. The highest BCUT2D eigenvalue weighted by atomic mass is 32.2. The summed E-state index contributed by atoms with van der Waals surface area (Å²) in [5.41, 5.74) is 1.19. The molecule has 2 aromatic rings. The molecular weight excluding hydrogens is 292 g/mol. The van der Waals surface area contributed by atoms with Crippen molar-refractivity contribution in [1.82, 2.24) is 4.98 Å². The normalized spacial score (nSPS) is 10.3. The second kappa shape index (κ2) is 6.67. The van der Waals surface area contributed by atoms with Gasteiger partial charge in [-0.15, -0.1) is 11.8 Å². The topological polar surface area (TPSA) is 59.1 Å². The highest BCUT2D eigenvalue weighted by Crippen LogP contribution is 2.21. The van der Waals surface area contributed by atoms with Gasteiger partial charge in [0.05, 0.1) is 16.8 Å². The summed E-state index contributed by atoms with van der Waals surface area (Å²) < 4.78 is 0. The third-order valence-corrected chi connectivity index (χ3v) is 4.52. The number of amides is 1. The van der Waals surface area contributed by atoms with Crippen LogP contribution in [0.1, 0.15) is 22.2 Å².